The number of thioether (sulfide) groups is 1. The highest BCUT2D eigenvalue weighted by atomic mass is 32.2. The molecule has 0 radical (unpaired) electrons. The van der Waals surface area contributed by atoms with E-state index in [0.717, 1.165) is 5.82 Å². The number of carbonyl (C=O) groups is 2. The first-order valence-electron chi connectivity index (χ1n) is 5.44. The fourth-order valence-corrected chi connectivity index (χ4v) is 1.82. The first-order chi connectivity index (χ1) is 8.29. The first kappa shape index (κ1) is 14.5. The second-order valence-electron chi connectivity index (χ2n) is 4.73. The molecule has 0 spiro atoms. The standard InChI is InChI=1S/C10H17N5O2S/c1-10(2,3)7-13-9(15-14-7)18-5-4-6(16)12-8(11)17/h4-5H2,1-3H3,(H,13,14,15)(H3,11,12,16,17). The van der Waals surface area contributed by atoms with Gasteiger partial charge in [-0.15, -0.1) is 5.10 Å². The summed E-state index contributed by atoms with van der Waals surface area (Å²) in [7, 11) is 0. The minimum Gasteiger partial charge on any atom is -0.351 e. The smallest absolute Gasteiger partial charge is 0.318 e. The van der Waals surface area contributed by atoms with Gasteiger partial charge in [0.1, 0.15) is 5.82 Å². The molecular weight excluding hydrogens is 254 g/mol. The lowest BCUT2D eigenvalue weighted by atomic mass is 9.96. The number of aromatic nitrogens is 3. The molecule has 0 aromatic carbocycles. The average molecular weight is 271 g/mol. The number of hydrogen-bond acceptors (Lipinski definition) is 5. The lowest BCUT2D eigenvalue weighted by molar-refractivity contribution is -0.119. The van der Waals surface area contributed by atoms with Gasteiger partial charge in [0.15, 0.2) is 0 Å². The Balaban J connectivity index is 2.38. The van der Waals surface area contributed by atoms with E-state index in [1.807, 2.05) is 26.1 Å². The number of nitrogens with zero attached hydrogens (tertiary/aromatic N) is 2. The van der Waals surface area contributed by atoms with Crippen LogP contribution in [0, 0.1) is 0 Å². The second kappa shape index (κ2) is 5.85. The molecular formula is C10H17N5O2S. The molecule has 1 aromatic rings. The van der Waals surface area contributed by atoms with Crippen molar-refractivity contribution in [2.75, 3.05) is 5.75 Å². The van der Waals surface area contributed by atoms with Crippen LogP contribution in [0.2, 0.25) is 0 Å². The molecule has 1 rings (SSSR count). The minimum absolute atomic E-state index is 0.0881. The summed E-state index contributed by atoms with van der Waals surface area (Å²) in [6, 6.07) is -0.835. The maximum Gasteiger partial charge on any atom is 0.318 e. The third-order valence-electron chi connectivity index (χ3n) is 2.00. The van der Waals surface area contributed by atoms with Gasteiger partial charge in [0, 0.05) is 17.6 Å². The Kier molecular flexibility index (Phi) is 4.71. The van der Waals surface area contributed by atoms with Crippen molar-refractivity contribution in [3.63, 3.8) is 0 Å². The lowest BCUT2D eigenvalue weighted by Gasteiger charge is -2.12. The number of H-pyrrole nitrogens is 1. The molecule has 0 unspecified atom stereocenters. The highest BCUT2D eigenvalue weighted by Gasteiger charge is 2.18. The number of carbonyl (C=O) groups excluding carboxylic acids is 2. The van der Waals surface area contributed by atoms with E-state index in [9.17, 15) is 9.59 Å². The third kappa shape index (κ3) is 4.74. The SMILES string of the molecule is CC(C)(C)c1nc(SCCC(=O)NC(N)=O)n[nH]1. The predicted molar refractivity (Wildman–Crippen MR) is 68.1 cm³/mol. The third-order valence-corrected chi connectivity index (χ3v) is 2.85. The van der Waals surface area contributed by atoms with Gasteiger partial charge in [-0.05, 0) is 0 Å². The molecule has 1 heterocycles. The Bertz CT molecular complexity index is 438. The molecule has 3 amide bonds. The van der Waals surface area contributed by atoms with Crippen molar-refractivity contribution in [2.45, 2.75) is 37.8 Å². The largest absolute Gasteiger partial charge is 0.351 e. The highest BCUT2D eigenvalue weighted by Crippen LogP contribution is 2.21. The molecule has 0 aliphatic rings. The normalized spacial score (nSPS) is 11.3. The summed E-state index contributed by atoms with van der Waals surface area (Å²) in [5, 5.41) is 9.49. The van der Waals surface area contributed by atoms with Crippen LogP contribution in [-0.2, 0) is 10.2 Å². The molecule has 0 aliphatic heterocycles. The summed E-state index contributed by atoms with van der Waals surface area (Å²) >= 11 is 1.35. The van der Waals surface area contributed by atoms with Gasteiger partial charge >= 0.3 is 6.03 Å². The molecule has 100 valence electrons. The molecule has 4 N–H and O–H groups in total. The summed E-state index contributed by atoms with van der Waals surface area (Å²) < 4.78 is 0. The van der Waals surface area contributed by atoms with Crippen LogP contribution in [0.25, 0.3) is 0 Å². The number of hydrogen-bond donors (Lipinski definition) is 3. The Morgan fingerprint density at radius 2 is 2.11 bits per heavy atom. The number of nitrogens with two attached hydrogens (primary N) is 1. The zero-order valence-corrected chi connectivity index (χ0v) is 11.4. The number of primary amides is 1. The van der Waals surface area contributed by atoms with Crippen molar-refractivity contribution in [1.29, 1.82) is 0 Å². The van der Waals surface area contributed by atoms with Crippen LogP contribution >= 0.6 is 11.8 Å². The summed E-state index contributed by atoms with van der Waals surface area (Å²) in [4.78, 5) is 25.9. The molecule has 0 aliphatic carbocycles. The van der Waals surface area contributed by atoms with Crippen molar-refractivity contribution in [1.82, 2.24) is 20.5 Å². The van der Waals surface area contributed by atoms with Gasteiger partial charge in [-0.2, -0.15) is 0 Å². The molecule has 0 fully saturated rings. The molecule has 0 saturated heterocycles. The average Bonchev–Trinajstić information content (AvgIpc) is 2.64. The van der Waals surface area contributed by atoms with Crippen molar-refractivity contribution >= 4 is 23.7 Å². The molecule has 0 saturated carbocycles. The molecule has 1 aromatic heterocycles. The lowest BCUT2D eigenvalue weighted by Crippen LogP contribution is -2.35. The number of urea groups is 1. The fraction of sp³-hybridized carbons (Fsp3) is 0.600. The summed E-state index contributed by atoms with van der Waals surface area (Å²) in [6.45, 7) is 6.09. The fourth-order valence-electron chi connectivity index (χ4n) is 1.08. The first-order valence-corrected chi connectivity index (χ1v) is 6.42. The number of nitrogens with one attached hydrogen (secondary N) is 2. The maximum absolute atomic E-state index is 11.1. The molecule has 7 nitrogen and oxygen atoms in total. The van der Waals surface area contributed by atoms with Crippen LogP contribution in [0.15, 0.2) is 5.16 Å². The van der Waals surface area contributed by atoms with Gasteiger partial charge in [0.05, 0.1) is 0 Å². The van der Waals surface area contributed by atoms with E-state index in [4.69, 9.17) is 5.73 Å². The van der Waals surface area contributed by atoms with Gasteiger partial charge in [-0.1, -0.05) is 32.5 Å². The summed E-state index contributed by atoms with van der Waals surface area (Å²) in [5.74, 6) is 0.883. The second-order valence-corrected chi connectivity index (χ2v) is 5.79. The maximum atomic E-state index is 11.1. The van der Waals surface area contributed by atoms with E-state index in [0.29, 0.717) is 10.9 Å². The molecule has 8 heteroatoms. The van der Waals surface area contributed by atoms with E-state index in [2.05, 4.69) is 15.2 Å². The van der Waals surface area contributed by atoms with E-state index in [1.54, 1.807) is 0 Å². The van der Waals surface area contributed by atoms with Crippen LogP contribution in [0.1, 0.15) is 33.0 Å². The van der Waals surface area contributed by atoms with Gasteiger partial charge in [0.25, 0.3) is 0 Å². The summed E-state index contributed by atoms with van der Waals surface area (Å²) in [5.41, 5.74) is 4.73. The molecule has 0 bridgehead atoms. The molecule has 18 heavy (non-hydrogen) atoms. The van der Waals surface area contributed by atoms with Crippen molar-refractivity contribution in [3.8, 4) is 0 Å². The van der Waals surface area contributed by atoms with Gasteiger partial charge in [-0.25, -0.2) is 9.78 Å². The topological polar surface area (TPSA) is 114 Å². The number of rotatable bonds is 4. The van der Waals surface area contributed by atoms with Gasteiger partial charge < -0.3 is 5.73 Å². The Morgan fingerprint density at radius 1 is 1.44 bits per heavy atom. The number of amides is 3. The zero-order chi connectivity index (χ0) is 13.8. The van der Waals surface area contributed by atoms with Crippen LogP contribution in [0.5, 0.6) is 0 Å². The Hall–Kier alpha value is -1.57. The predicted octanol–water partition coefficient (Wildman–Crippen LogP) is 0.779. The quantitative estimate of drug-likeness (QED) is 0.700. The number of imide groups is 1. The van der Waals surface area contributed by atoms with Crippen LogP contribution in [0.3, 0.4) is 0 Å². The van der Waals surface area contributed by atoms with E-state index < -0.39 is 11.9 Å². The van der Waals surface area contributed by atoms with E-state index in [-0.39, 0.29) is 11.8 Å². The molecule has 0 atom stereocenters. The monoisotopic (exact) mass is 271 g/mol. The summed E-state index contributed by atoms with van der Waals surface area (Å²) in [6.07, 6.45) is 0.187. The van der Waals surface area contributed by atoms with E-state index >= 15 is 0 Å². The Morgan fingerprint density at radius 3 is 2.61 bits per heavy atom. The van der Waals surface area contributed by atoms with Gasteiger partial charge in [0.2, 0.25) is 11.1 Å². The van der Waals surface area contributed by atoms with Crippen molar-refractivity contribution in [3.05, 3.63) is 5.82 Å². The van der Waals surface area contributed by atoms with Gasteiger partial charge in [-0.3, -0.25) is 15.2 Å². The van der Waals surface area contributed by atoms with Crippen LogP contribution in [0.4, 0.5) is 4.79 Å². The zero-order valence-electron chi connectivity index (χ0n) is 10.6. The minimum atomic E-state index is -0.835. The number of aromatic amines is 1. The Labute approximate surface area is 109 Å². The van der Waals surface area contributed by atoms with Crippen LogP contribution in [-0.4, -0.2) is 32.9 Å². The van der Waals surface area contributed by atoms with Crippen LogP contribution < -0.4 is 11.1 Å². The van der Waals surface area contributed by atoms with E-state index in [1.165, 1.54) is 11.8 Å². The van der Waals surface area contributed by atoms with Crippen molar-refractivity contribution < 1.29 is 9.59 Å². The highest BCUT2D eigenvalue weighted by molar-refractivity contribution is 7.99. The van der Waals surface area contributed by atoms with Crippen molar-refractivity contribution in [2.24, 2.45) is 5.73 Å².